The minimum absolute atomic E-state index is 0.145. The van der Waals surface area contributed by atoms with Gasteiger partial charge in [0, 0.05) is 28.9 Å². The number of aromatic nitrogens is 1. The average Bonchev–Trinajstić information content (AvgIpc) is 2.73. The lowest BCUT2D eigenvalue weighted by molar-refractivity contribution is 0.0922. The molecule has 2 N–H and O–H groups in total. The van der Waals surface area contributed by atoms with E-state index in [1.165, 1.54) is 0 Å². The molecule has 1 heterocycles. The van der Waals surface area contributed by atoms with E-state index in [0.29, 0.717) is 11.1 Å². The Kier molecular flexibility index (Phi) is 6.06. The summed E-state index contributed by atoms with van der Waals surface area (Å²) in [6.45, 7) is 5.50. The lowest BCUT2D eigenvalue weighted by Crippen LogP contribution is -2.35. The lowest BCUT2D eigenvalue weighted by atomic mass is 9.92. The Labute approximate surface area is 170 Å². The summed E-state index contributed by atoms with van der Waals surface area (Å²) in [6, 6.07) is 16.8. The minimum Gasteiger partial charge on any atom is -0.394 e. The van der Waals surface area contributed by atoms with Gasteiger partial charge in [0.1, 0.15) is 0 Å². The molecule has 0 fully saturated rings. The summed E-state index contributed by atoms with van der Waals surface area (Å²) in [6.07, 6.45) is 1.78. The molecule has 0 spiro atoms. The third-order valence-corrected chi connectivity index (χ3v) is 4.74. The van der Waals surface area contributed by atoms with Crippen LogP contribution in [0.4, 0.5) is 0 Å². The van der Waals surface area contributed by atoms with Gasteiger partial charge in [0.2, 0.25) is 0 Å². The van der Waals surface area contributed by atoms with Crippen molar-refractivity contribution in [1.29, 1.82) is 5.26 Å². The van der Waals surface area contributed by atoms with E-state index in [1.54, 1.807) is 31.3 Å². The van der Waals surface area contributed by atoms with Crippen LogP contribution in [-0.2, 0) is 0 Å². The fourth-order valence-electron chi connectivity index (χ4n) is 3.19. The van der Waals surface area contributed by atoms with Crippen LogP contribution in [-0.4, -0.2) is 28.6 Å². The van der Waals surface area contributed by atoms with Gasteiger partial charge in [0.15, 0.2) is 0 Å². The van der Waals surface area contributed by atoms with Crippen molar-refractivity contribution in [3.63, 3.8) is 0 Å². The van der Waals surface area contributed by atoms with E-state index in [4.69, 9.17) is 0 Å². The number of rotatable bonds is 5. The number of nitrogens with zero attached hydrogens (tertiary/aromatic N) is 2. The van der Waals surface area contributed by atoms with Gasteiger partial charge in [-0.3, -0.25) is 9.78 Å². The van der Waals surface area contributed by atoms with Gasteiger partial charge < -0.3 is 10.4 Å². The van der Waals surface area contributed by atoms with Crippen LogP contribution >= 0.6 is 0 Å². The van der Waals surface area contributed by atoms with E-state index in [9.17, 15) is 15.2 Å². The number of hydrogen-bond donors (Lipinski definition) is 2. The molecule has 1 amide bonds. The normalized spacial score (nSPS) is 11.6. The number of carbonyl (C=O) groups is 1. The van der Waals surface area contributed by atoms with Crippen molar-refractivity contribution in [2.75, 3.05) is 6.61 Å². The maximum absolute atomic E-state index is 12.8. The molecule has 0 aliphatic carbocycles. The van der Waals surface area contributed by atoms with Gasteiger partial charge >= 0.3 is 0 Å². The summed E-state index contributed by atoms with van der Waals surface area (Å²) in [5, 5.41) is 21.6. The van der Waals surface area contributed by atoms with Crippen LogP contribution in [0.25, 0.3) is 22.4 Å². The van der Waals surface area contributed by atoms with Crippen LogP contribution in [0.1, 0.15) is 34.0 Å². The molecule has 3 rings (SSSR count). The first-order valence-electron chi connectivity index (χ1n) is 9.43. The molecule has 0 aliphatic heterocycles. The molecule has 0 saturated heterocycles. The third-order valence-electron chi connectivity index (χ3n) is 4.74. The predicted molar refractivity (Wildman–Crippen MR) is 113 cm³/mol. The van der Waals surface area contributed by atoms with Gasteiger partial charge in [0.25, 0.3) is 5.91 Å². The molecular formula is C24H23N3O2. The Balaban J connectivity index is 2.20. The van der Waals surface area contributed by atoms with E-state index < -0.39 is 0 Å². The Hall–Kier alpha value is -3.49. The van der Waals surface area contributed by atoms with Crippen molar-refractivity contribution in [2.45, 2.75) is 26.8 Å². The minimum atomic E-state index is -0.361. The lowest BCUT2D eigenvalue weighted by Gasteiger charge is -2.15. The number of carbonyl (C=O) groups excluding carboxylic acids is 1. The summed E-state index contributed by atoms with van der Waals surface area (Å²) < 4.78 is 0. The highest BCUT2D eigenvalue weighted by molar-refractivity contribution is 5.97. The van der Waals surface area contributed by atoms with Crippen LogP contribution < -0.4 is 5.32 Å². The van der Waals surface area contributed by atoms with E-state index in [2.05, 4.69) is 16.4 Å². The molecule has 5 heteroatoms. The number of amides is 1. The first kappa shape index (κ1) is 20.2. The zero-order chi connectivity index (χ0) is 21.0. The number of nitriles is 1. The zero-order valence-corrected chi connectivity index (χ0v) is 16.7. The van der Waals surface area contributed by atoms with Crippen molar-refractivity contribution in [2.24, 2.45) is 0 Å². The molecule has 1 unspecified atom stereocenters. The predicted octanol–water partition coefficient (Wildman–Crippen LogP) is 4.01. The molecule has 0 radical (unpaired) electrons. The van der Waals surface area contributed by atoms with Crippen LogP contribution in [0.3, 0.4) is 0 Å². The summed E-state index contributed by atoms with van der Waals surface area (Å²) in [5.74, 6) is -0.283. The van der Waals surface area contributed by atoms with Crippen molar-refractivity contribution in [3.05, 3.63) is 77.0 Å². The monoisotopic (exact) mass is 385 g/mol. The van der Waals surface area contributed by atoms with Crippen LogP contribution in [0.15, 0.2) is 54.7 Å². The molecule has 5 nitrogen and oxygen atoms in total. The second-order valence-corrected chi connectivity index (χ2v) is 7.19. The highest BCUT2D eigenvalue weighted by Crippen LogP contribution is 2.32. The van der Waals surface area contributed by atoms with E-state index in [-0.39, 0.29) is 18.6 Å². The number of nitrogens with one attached hydrogen (secondary N) is 1. The number of benzene rings is 2. The fraction of sp³-hybridized carbons (Fsp3) is 0.208. The molecule has 2 aromatic carbocycles. The molecule has 3 aromatic rings. The zero-order valence-electron chi connectivity index (χ0n) is 16.7. The topological polar surface area (TPSA) is 86.0 Å². The molecular weight excluding hydrogens is 362 g/mol. The number of aliphatic hydroxyl groups is 1. The van der Waals surface area contributed by atoms with E-state index in [0.717, 1.165) is 33.5 Å². The van der Waals surface area contributed by atoms with Gasteiger partial charge in [-0.2, -0.15) is 5.26 Å². The van der Waals surface area contributed by atoms with Crippen molar-refractivity contribution >= 4 is 5.91 Å². The second kappa shape index (κ2) is 8.68. The highest BCUT2D eigenvalue weighted by atomic mass is 16.3. The summed E-state index contributed by atoms with van der Waals surface area (Å²) in [4.78, 5) is 17.3. The highest BCUT2D eigenvalue weighted by Gasteiger charge is 2.16. The standard InChI is InChI=1S/C24H23N3O2/c1-15-7-8-22(26-13-15)19-9-20(23-16(2)5-4-6-18(23)12-25)11-21(10-19)24(29)27-17(3)14-28/h4-11,13,17,28H,14H2,1-3H3,(H,27,29). The van der Waals surface area contributed by atoms with Crippen LogP contribution in [0.5, 0.6) is 0 Å². The van der Waals surface area contributed by atoms with Gasteiger partial charge in [0.05, 0.1) is 23.9 Å². The Bertz CT molecular complexity index is 1080. The molecule has 1 atom stereocenters. The Morgan fingerprint density at radius 2 is 1.93 bits per heavy atom. The molecule has 29 heavy (non-hydrogen) atoms. The van der Waals surface area contributed by atoms with Gasteiger partial charge in [-0.05, 0) is 67.8 Å². The molecule has 0 aliphatic rings. The molecule has 146 valence electrons. The first-order chi connectivity index (χ1) is 13.9. The summed E-state index contributed by atoms with van der Waals surface area (Å²) >= 11 is 0. The molecule has 0 bridgehead atoms. The van der Waals surface area contributed by atoms with E-state index >= 15 is 0 Å². The Morgan fingerprint density at radius 3 is 2.59 bits per heavy atom. The number of pyridine rings is 1. The van der Waals surface area contributed by atoms with Gasteiger partial charge in [-0.15, -0.1) is 0 Å². The van der Waals surface area contributed by atoms with Crippen molar-refractivity contribution in [1.82, 2.24) is 10.3 Å². The Morgan fingerprint density at radius 1 is 1.17 bits per heavy atom. The number of hydrogen-bond acceptors (Lipinski definition) is 4. The first-order valence-corrected chi connectivity index (χ1v) is 9.43. The maximum atomic E-state index is 12.8. The van der Waals surface area contributed by atoms with Crippen LogP contribution in [0.2, 0.25) is 0 Å². The largest absolute Gasteiger partial charge is 0.394 e. The van der Waals surface area contributed by atoms with Crippen LogP contribution in [0, 0.1) is 25.2 Å². The average molecular weight is 385 g/mol. The molecule has 1 aromatic heterocycles. The molecule has 0 saturated carbocycles. The number of aliphatic hydroxyl groups excluding tert-OH is 1. The third kappa shape index (κ3) is 4.50. The maximum Gasteiger partial charge on any atom is 0.251 e. The number of aryl methyl sites for hydroxylation is 2. The second-order valence-electron chi connectivity index (χ2n) is 7.19. The van der Waals surface area contributed by atoms with Crippen molar-refractivity contribution < 1.29 is 9.90 Å². The summed E-state index contributed by atoms with van der Waals surface area (Å²) in [7, 11) is 0. The van der Waals surface area contributed by atoms with Gasteiger partial charge in [-0.1, -0.05) is 18.2 Å². The fourth-order valence-corrected chi connectivity index (χ4v) is 3.19. The quantitative estimate of drug-likeness (QED) is 0.695. The smallest absolute Gasteiger partial charge is 0.251 e. The van der Waals surface area contributed by atoms with Crippen molar-refractivity contribution in [3.8, 4) is 28.5 Å². The summed E-state index contributed by atoms with van der Waals surface area (Å²) in [5.41, 5.74) is 6.11. The van der Waals surface area contributed by atoms with E-state index in [1.807, 2.05) is 44.2 Å². The van der Waals surface area contributed by atoms with Gasteiger partial charge in [-0.25, -0.2) is 0 Å². The SMILES string of the molecule is Cc1ccc(-c2cc(C(=O)NC(C)CO)cc(-c3c(C)cccc3C#N)c2)nc1.